The molecule has 134 valence electrons. The summed E-state index contributed by atoms with van der Waals surface area (Å²) < 4.78 is 9.79. The number of esters is 1. The minimum Gasteiger partial charge on any atom is -0.497 e. The molecule has 0 unspecified atom stereocenters. The van der Waals surface area contributed by atoms with E-state index in [1.165, 1.54) is 13.2 Å². The van der Waals surface area contributed by atoms with E-state index < -0.39 is 11.9 Å². The fourth-order valence-corrected chi connectivity index (χ4v) is 2.28. The van der Waals surface area contributed by atoms with Crippen LogP contribution in [-0.2, 0) is 9.53 Å². The van der Waals surface area contributed by atoms with Gasteiger partial charge in [-0.25, -0.2) is 4.79 Å². The molecule has 0 heterocycles. The average molecular weight is 370 g/mol. The first-order valence-electron chi connectivity index (χ1n) is 7.65. The smallest absolute Gasteiger partial charge is 0.339 e. The Morgan fingerprint density at radius 3 is 2.38 bits per heavy atom. The molecule has 0 saturated heterocycles. The Balaban J connectivity index is 1.96. The van der Waals surface area contributed by atoms with Gasteiger partial charge in [-0.1, -0.05) is 24.3 Å². The van der Waals surface area contributed by atoms with Gasteiger partial charge in [0, 0.05) is 6.08 Å². The molecule has 26 heavy (non-hydrogen) atoms. The number of ether oxygens (including phenoxy) is 2. The predicted octanol–water partition coefficient (Wildman–Crippen LogP) is 3.01. The Morgan fingerprint density at radius 2 is 1.73 bits per heavy atom. The molecular weight excluding hydrogens is 352 g/mol. The lowest BCUT2D eigenvalue weighted by molar-refractivity contribution is -0.115. The van der Waals surface area contributed by atoms with Crippen LogP contribution in [0.2, 0.25) is 0 Å². The van der Waals surface area contributed by atoms with Gasteiger partial charge in [-0.3, -0.25) is 10.1 Å². The molecule has 2 N–H and O–H groups in total. The Hall–Kier alpha value is -3.19. The molecule has 0 aromatic heterocycles. The maximum Gasteiger partial charge on any atom is 0.339 e. The number of carbonyl (C=O) groups is 2. The molecule has 0 bridgehead atoms. The topological polar surface area (TPSA) is 76.7 Å². The van der Waals surface area contributed by atoms with Gasteiger partial charge in [0.15, 0.2) is 5.11 Å². The van der Waals surface area contributed by atoms with Gasteiger partial charge in [-0.15, -0.1) is 0 Å². The first-order valence-corrected chi connectivity index (χ1v) is 8.05. The SMILES string of the molecule is COC(=O)c1ccccc1NC(=S)NC(=O)C=Cc1ccc(OC)cc1. The number of nitrogens with one attached hydrogen (secondary N) is 2. The molecule has 0 saturated carbocycles. The summed E-state index contributed by atoms with van der Waals surface area (Å²) in [6, 6.07) is 14.0. The molecule has 0 aliphatic rings. The Kier molecular flexibility index (Phi) is 6.87. The summed E-state index contributed by atoms with van der Waals surface area (Å²) in [6.45, 7) is 0. The molecule has 7 heteroatoms. The molecule has 0 aliphatic heterocycles. The van der Waals surface area contributed by atoms with Gasteiger partial charge in [0.25, 0.3) is 0 Å². The molecule has 0 radical (unpaired) electrons. The van der Waals surface area contributed by atoms with Crippen LogP contribution in [0.5, 0.6) is 5.75 Å². The quantitative estimate of drug-likeness (QED) is 0.479. The van der Waals surface area contributed by atoms with E-state index in [-0.39, 0.29) is 5.11 Å². The van der Waals surface area contributed by atoms with Crippen molar-refractivity contribution in [3.05, 3.63) is 65.7 Å². The standard InChI is InChI=1S/C19H18N2O4S/c1-24-14-10-7-13(8-11-14)9-12-17(22)21-19(26)20-16-6-4-3-5-15(16)18(23)25-2/h3-12H,1-2H3,(H2,20,21,22,26). The zero-order valence-corrected chi connectivity index (χ0v) is 15.1. The highest BCUT2D eigenvalue weighted by atomic mass is 32.1. The van der Waals surface area contributed by atoms with Crippen molar-refractivity contribution in [2.24, 2.45) is 0 Å². The normalized spacial score (nSPS) is 10.2. The number of para-hydroxylation sites is 1. The van der Waals surface area contributed by atoms with E-state index in [1.54, 1.807) is 49.6 Å². The molecular formula is C19H18N2O4S. The largest absolute Gasteiger partial charge is 0.497 e. The van der Waals surface area contributed by atoms with E-state index in [0.717, 1.165) is 11.3 Å². The highest BCUT2D eigenvalue weighted by Crippen LogP contribution is 2.16. The highest BCUT2D eigenvalue weighted by molar-refractivity contribution is 7.80. The molecule has 6 nitrogen and oxygen atoms in total. The Labute approximate surface area is 156 Å². The molecule has 0 spiro atoms. The zero-order chi connectivity index (χ0) is 18.9. The number of rotatable bonds is 5. The number of carbonyl (C=O) groups excluding carboxylic acids is 2. The van der Waals surface area contributed by atoms with Crippen molar-refractivity contribution in [2.45, 2.75) is 0 Å². The fraction of sp³-hybridized carbons (Fsp3) is 0.105. The summed E-state index contributed by atoms with van der Waals surface area (Å²) in [5.74, 6) is -0.156. The van der Waals surface area contributed by atoms with Crippen LogP contribution in [0.25, 0.3) is 6.08 Å². The summed E-state index contributed by atoms with van der Waals surface area (Å²) >= 11 is 5.11. The second-order valence-electron chi connectivity index (χ2n) is 5.09. The third kappa shape index (κ3) is 5.42. The second-order valence-corrected chi connectivity index (χ2v) is 5.50. The summed E-state index contributed by atoms with van der Waals surface area (Å²) in [5.41, 5.74) is 1.61. The fourth-order valence-electron chi connectivity index (χ4n) is 2.07. The number of amides is 1. The van der Waals surface area contributed by atoms with E-state index in [2.05, 4.69) is 10.6 Å². The number of thiocarbonyl (C=S) groups is 1. The number of methoxy groups -OCH3 is 2. The monoisotopic (exact) mass is 370 g/mol. The van der Waals surface area contributed by atoms with Crippen molar-refractivity contribution < 1.29 is 19.1 Å². The first-order chi connectivity index (χ1) is 12.5. The molecule has 2 rings (SSSR count). The van der Waals surface area contributed by atoms with Crippen molar-refractivity contribution in [1.82, 2.24) is 5.32 Å². The van der Waals surface area contributed by atoms with Crippen LogP contribution in [0.4, 0.5) is 5.69 Å². The van der Waals surface area contributed by atoms with Crippen LogP contribution in [0, 0.1) is 0 Å². The minimum atomic E-state index is -0.498. The van der Waals surface area contributed by atoms with Crippen LogP contribution >= 0.6 is 12.2 Å². The average Bonchev–Trinajstić information content (AvgIpc) is 2.66. The van der Waals surface area contributed by atoms with Gasteiger partial charge >= 0.3 is 5.97 Å². The number of hydrogen-bond donors (Lipinski definition) is 2. The lowest BCUT2D eigenvalue weighted by Gasteiger charge is -2.11. The third-order valence-corrected chi connectivity index (χ3v) is 3.56. The van der Waals surface area contributed by atoms with Gasteiger partial charge < -0.3 is 14.8 Å². The van der Waals surface area contributed by atoms with E-state index >= 15 is 0 Å². The molecule has 2 aromatic carbocycles. The van der Waals surface area contributed by atoms with Crippen LogP contribution in [0.1, 0.15) is 15.9 Å². The van der Waals surface area contributed by atoms with Gasteiger partial charge in [-0.05, 0) is 48.1 Å². The summed E-state index contributed by atoms with van der Waals surface area (Å²) in [5, 5.41) is 5.42. The van der Waals surface area contributed by atoms with E-state index in [0.29, 0.717) is 11.3 Å². The molecule has 1 amide bonds. The van der Waals surface area contributed by atoms with Crippen LogP contribution < -0.4 is 15.4 Å². The van der Waals surface area contributed by atoms with Crippen molar-refractivity contribution in [3.63, 3.8) is 0 Å². The maximum atomic E-state index is 12.0. The zero-order valence-electron chi connectivity index (χ0n) is 14.3. The summed E-state index contributed by atoms with van der Waals surface area (Å²) in [6.07, 6.45) is 3.02. The van der Waals surface area contributed by atoms with Gasteiger partial charge in [0.05, 0.1) is 25.5 Å². The molecule has 0 aliphatic carbocycles. The van der Waals surface area contributed by atoms with E-state index in [4.69, 9.17) is 21.7 Å². The summed E-state index contributed by atoms with van der Waals surface area (Å²) in [7, 11) is 2.88. The van der Waals surface area contributed by atoms with Crippen LogP contribution in [0.3, 0.4) is 0 Å². The number of anilines is 1. The van der Waals surface area contributed by atoms with Gasteiger partial charge in [0.2, 0.25) is 5.91 Å². The molecule has 0 fully saturated rings. The third-order valence-electron chi connectivity index (χ3n) is 3.36. The van der Waals surface area contributed by atoms with Crippen molar-refractivity contribution in [3.8, 4) is 5.75 Å². The van der Waals surface area contributed by atoms with E-state index in [9.17, 15) is 9.59 Å². The van der Waals surface area contributed by atoms with E-state index in [1.807, 2.05) is 12.1 Å². The predicted molar refractivity (Wildman–Crippen MR) is 104 cm³/mol. The van der Waals surface area contributed by atoms with Crippen molar-refractivity contribution in [1.29, 1.82) is 0 Å². The van der Waals surface area contributed by atoms with Crippen LogP contribution in [0.15, 0.2) is 54.6 Å². The summed E-state index contributed by atoms with van der Waals surface area (Å²) in [4.78, 5) is 23.7. The first kappa shape index (κ1) is 19.1. The molecule has 2 aromatic rings. The second kappa shape index (κ2) is 9.33. The maximum absolute atomic E-state index is 12.0. The van der Waals surface area contributed by atoms with Crippen molar-refractivity contribution in [2.75, 3.05) is 19.5 Å². The lowest BCUT2D eigenvalue weighted by Crippen LogP contribution is -2.33. The molecule has 0 atom stereocenters. The van der Waals surface area contributed by atoms with Crippen molar-refractivity contribution >= 4 is 41.0 Å². The van der Waals surface area contributed by atoms with Crippen LogP contribution in [-0.4, -0.2) is 31.2 Å². The van der Waals surface area contributed by atoms with Gasteiger partial charge in [0.1, 0.15) is 5.75 Å². The lowest BCUT2D eigenvalue weighted by atomic mass is 10.2. The Bertz CT molecular complexity index is 832. The van der Waals surface area contributed by atoms with Gasteiger partial charge in [-0.2, -0.15) is 0 Å². The minimum absolute atomic E-state index is 0.0748. The Morgan fingerprint density at radius 1 is 1.04 bits per heavy atom. The number of hydrogen-bond acceptors (Lipinski definition) is 5. The number of benzene rings is 2. The highest BCUT2D eigenvalue weighted by Gasteiger charge is 2.12.